The van der Waals surface area contributed by atoms with Crippen molar-refractivity contribution in [3.05, 3.63) is 29.0 Å². The van der Waals surface area contributed by atoms with Gasteiger partial charge in [0.2, 0.25) is 10.0 Å². The van der Waals surface area contributed by atoms with Crippen molar-refractivity contribution in [3.8, 4) is 0 Å². The molecular formula is C13H18ClFN2O2S. The minimum Gasteiger partial charge on any atom is -0.330 e. The maximum Gasteiger partial charge on any atom is 0.245 e. The lowest BCUT2D eigenvalue weighted by Gasteiger charge is -2.28. The first kappa shape index (κ1) is 15.7. The van der Waals surface area contributed by atoms with E-state index in [9.17, 15) is 12.8 Å². The number of hydrogen-bond acceptors (Lipinski definition) is 3. The van der Waals surface area contributed by atoms with Crippen molar-refractivity contribution in [3.63, 3.8) is 0 Å². The van der Waals surface area contributed by atoms with Gasteiger partial charge in [-0.3, -0.25) is 0 Å². The first-order valence-electron chi connectivity index (χ1n) is 6.51. The van der Waals surface area contributed by atoms with Crippen LogP contribution in [0.1, 0.15) is 19.3 Å². The number of rotatable bonds is 4. The third-order valence-electron chi connectivity index (χ3n) is 3.94. The van der Waals surface area contributed by atoms with Gasteiger partial charge >= 0.3 is 0 Å². The van der Waals surface area contributed by atoms with Gasteiger partial charge in [0.1, 0.15) is 10.7 Å². The summed E-state index contributed by atoms with van der Waals surface area (Å²) in [6.07, 6.45) is 2.60. The standard InChI is InChI=1S/C13H18ClFN2O2S/c1-17(12-4-2-3-9(12)8-16)20(18,19)13-6-5-10(14)7-11(13)15/h5-7,9,12H,2-4,8,16H2,1H3. The van der Waals surface area contributed by atoms with Gasteiger partial charge in [-0.1, -0.05) is 18.0 Å². The summed E-state index contributed by atoms with van der Waals surface area (Å²) in [5.74, 6) is -0.697. The van der Waals surface area contributed by atoms with Crippen LogP contribution in [-0.2, 0) is 10.0 Å². The molecule has 0 amide bonds. The summed E-state index contributed by atoms with van der Waals surface area (Å²) in [7, 11) is -2.38. The van der Waals surface area contributed by atoms with Crippen molar-refractivity contribution in [1.82, 2.24) is 4.31 Å². The highest BCUT2D eigenvalue weighted by Crippen LogP contribution is 2.32. The van der Waals surface area contributed by atoms with Crippen LogP contribution in [-0.4, -0.2) is 32.4 Å². The monoisotopic (exact) mass is 320 g/mol. The molecule has 1 aliphatic rings. The number of nitrogens with two attached hydrogens (primary N) is 1. The van der Waals surface area contributed by atoms with Crippen LogP contribution in [0.4, 0.5) is 4.39 Å². The van der Waals surface area contributed by atoms with Gasteiger partial charge in [-0.05, 0) is 43.5 Å². The fourth-order valence-electron chi connectivity index (χ4n) is 2.79. The minimum absolute atomic E-state index is 0.130. The number of benzene rings is 1. The molecule has 112 valence electrons. The Kier molecular flexibility index (Phi) is 4.69. The molecule has 2 unspecified atom stereocenters. The smallest absolute Gasteiger partial charge is 0.245 e. The average Bonchev–Trinajstić information content (AvgIpc) is 2.85. The third-order valence-corrected chi connectivity index (χ3v) is 6.09. The predicted molar refractivity (Wildman–Crippen MR) is 76.5 cm³/mol. The van der Waals surface area contributed by atoms with Gasteiger partial charge < -0.3 is 5.73 Å². The average molecular weight is 321 g/mol. The van der Waals surface area contributed by atoms with Crippen molar-refractivity contribution in [1.29, 1.82) is 0 Å². The molecule has 2 rings (SSSR count). The van der Waals surface area contributed by atoms with E-state index in [1.165, 1.54) is 23.5 Å². The highest BCUT2D eigenvalue weighted by molar-refractivity contribution is 7.89. The molecular weight excluding hydrogens is 303 g/mol. The van der Waals surface area contributed by atoms with E-state index in [-0.39, 0.29) is 21.9 Å². The van der Waals surface area contributed by atoms with E-state index in [1.807, 2.05) is 0 Å². The van der Waals surface area contributed by atoms with E-state index < -0.39 is 15.8 Å². The summed E-state index contributed by atoms with van der Waals surface area (Å²) >= 11 is 5.65. The van der Waals surface area contributed by atoms with E-state index in [0.717, 1.165) is 25.3 Å². The van der Waals surface area contributed by atoms with Crippen LogP contribution in [0.2, 0.25) is 5.02 Å². The predicted octanol–water partition coefficient (Wildman–Crippen LogP) is 2.23. The zero-order valence-corrected chi connectivity index (χ0v) is 12.8. The second kappa shape index (κ2) is 5.97. The largest absolute Gasteiger partial charge is 0.330 e. The molecule has 0 aliphatic heterocycles. The second-order valence-electron chi connectivity index (χ2n) is 5.09. The molecule has 1 aromatic carbocycles. The first-order chi connectivity index (χ1) is 9.37. The molecule has 1 saturated carbocycles. The summed E-state index contributed by atoms with van der Waals surface area (Å²) in [6.45, 7) is 0.438. The Balaban J connectivity index is 2.34. The van der Waals surface area contributed by atoms with E-state index in [4.69, 9.17) is 17.3 Å². The van der Waals surface area contributed by atoms with Crippen LogP contribution < -0.4 is 5.73 Å². The minimum atomic E-state index is -3.87. The fourth-order valence-corrected chi connectivity index (χ4v) is 4.44. The van der Waals surface area contributed by atoms with Crippen LogP contribution in [0.15, 0.2) is 23.1 Å². The Morgan fingerprint density at radius 2 is 2.15 bits per heavy atom. The van der Waals surface area contributed by atoms with E-state index in [1.54, 1.807) is 0 Å². The molecule has 4 nitrogen and oxygen atoms in total. The van der Waals surface area contributed by atoms with Gasteiger partial charge in [-0.25, -0.2) is 12.8 Å². The normalized spacial score (nSPS) is 23.4. The molecule has 1 fully saturated rings. The molecule has 0 radical (unpaired) electrons. The lowest BCUT2D eigenvalue weighted by atomic mass is 10.0. The first-order valence-corrected chi connectivity index (χ1v) is 8.33. The van der Waals surface area contributed by atoms with Crippen LogP contribution in [0.25, 0.3) is 0 Å². The third kappa shape index (κ3) is 2.83. The zero-order valence-electron chi connectivity index (χ0n) is 11.2. The number of nitrogens with zero attached hydrogens (tertiary/aromatic N) is 1. The Morgan fingerprint density at radius 3 is 2.75 bits per heavy atom. The van der Waals surface area contributed by atoms with Gasteiger partial charge in [0, 0.05) is 18.1 Å². The van der Waals surface area contributed by atoms with Gasteiger partial charge in [-0.15, -0.1) is 0 Å². The van der Waals surface area contributed by atoms with Crippen LogP contribution in [0.3, 0.4) is 0 Å². The van der Waals surface area contributed by atoms with E-state index in [0.29, 0.717) is 6.54 Å². The lowest BCUT2D eigenvalue weighted by Crippen LogP contribution is -2.41. The van der Waals surface area contributed by atoms with Crippen LogP contribution >= 0.6 is 11.6 Å². The second-order valence-corrected chi connectivity index (χ2v) is 7.49. The summed E-state index contributed by atoms with van der Waals surface area (Å²) in [5.41, 5.74) is 5.68. The quantitative estimate of drug-likeness (QED) is 0.925. The molecule has 0 aromatic heterocycles. The van der Waals surface area contributed by atoms with Crippen molar-refractivity contribution in [2.75, 3.05) is 13.6 Å². The van der Waals surface area contributed by atoms with Crippen LogP contribution in [0, 0.1) is 11.7 Å². The molecule has 2 N–H and O–H groups in total. The lowest BCUT2D eigenvalue weighted by molar-refractivity contribution is 0.303. The molecule has 20 heavy (non-hydrogen) atoms. The Labute approximate surface area is 123 Å². The molecule has 0 saturated heterocycles. The van der Waals surface area contributed by atoms with Crippen molar-refractivity contribution < 1.29 is 12.8 Å². The summed E-state index contributed by atoms with van der Waals surface area (Å²) in [4.78, 5) is -0.341. The van der Waals surface area contributed by atoms with Gasteiger partial charge in [-0.2, -0.15) is 4.31 Å². The van der Waals surface area contributed by atoms with Crippen molar-refractivity contribution in [2.24, 2.45) is 11.7 Å². The molecule has 1 aromatic rings. The SMILES string of the molecule is CN(C1CCCC1CN)S(=O)(=O)c1ccc(Cl)cc1F. The Morgan fingerprint density at radius 1 is 1.45 bits per heavy atom. The van der Waals surface area contributed by atoms with Gasteiger partial charge in [0.25, 0.3) is 0 Å². The summed E-state index contributed by atoms with van der Waals surface area (Å²) in [5, 5.41) is 0.171. The van der Waals surface area contributed by atoms with Crippen molar-refractivity contribution >= 4 is 21.6 Å². The summed E-state index contributed by atoms with van der Waals surface area (Å²) in [6, 6.07) is 3.42. The molecule has 0 spiro atoms. The maximum atomic E-state index is 13.9. The number of hydrogen-bond donors (Lipinski definition) is 1. The highest BCUT2D eigenvalue weighted by Gasteiger charge is 2.36. The van der Waals surface area contributed by atoms with Crippen LogP contribution in [0.5, 0.6) is 0 Å². The van der Waals surface area contributed by atoms with E-state index >= 15 is 0 Å². The molecule has 0 heterocycles. The maximum absolute atomic E-state index is 13.9. The van der Waals surface area contributed by atoms with Gasteiger partial charge in [0.15, 0.2) is 0 Å². The summed E-state index contributed by atoms with van der Waals surface area (Å²) < 4.78 is 40.1. The fraction of sp³-hybridized carbons (Fsp3) is 0.538. The topological polar surface area (TPSA) is 63.4 Å². The Hall–Kier alpha value is -0.690. The van der Waals surface area contributed by atoms with Gasteiger partial charge in [0.05, 0.1) is 0 Å². The van der Waals surface area contributed by atoms with E-state index in [2.05, 4.69) is 0 Å². The molecule has 7 heteroatoms. The molecule has 2 atom stereocenters. The molecule has 0 bridgehead atoms. The number of sulfonamides is 1. The molecule has 1 aliphatic carbocycles. The number of halogens is 2. The highest BCUT2D eigenvalue weighted by atomic mass is 35.5. The zero-order chi connectivity index (χ0) is 14.9. The van der Waals surface area contributed by atoms with Crippen molar-refractivity contribution in [2.45, 2.75) is 30.2 Å². The Bertz CT molecular complexity index is 594.